The van der Waals surface area contributed by atoms with Gasteiger partial charge in [0.05, 0.1) is 11.3 Å². The maximum absolute atomic E-state index is 11.0. The molecule has 4 heteroatoms. The first kappa shape index (κ1) is 10.7. The third-order valence-corrected chi connectivity index (χ3v) is 3.00. The Balaban J connectivity index is 2.31. The highest BCUT2D eigenvalue weighted by Crippen LogP contribution is 2.20. The lowest BCUT2D eigenvalue weighted by Crippen LogP contribution is -1.92. The molecule has 1 aromatic carbocycles. The topological polar surface area (TPSA) is 53.2 Å². The van der Waals surface area contributed by atoms with E-state index in [1.807, 2.05) is 30.3 Å². The Morgan fingerprint density at radius 3 is 2.75 bits per heavy atom. The van der Waals surface area contributed by atoms with Crippen LogP contribution in [-0.2, 0) is 4.79 Å². The number of hydrogen-bond acceptors (Lipinski definition) is 3. The maximum atomic E-state index is 11.0. The van der Waals surface area contributed by atoms with E-state index in [0.29, 0.717) is 16.4 Å². The van der Waals surface area contributed by atoms with E-state index in [1.165, 1.54) is 11.8 Å². The van der Waals surface area contributed by atoms with Crippen molar-refractivity contribution in [1.82, 2.24) is 0 Å². The van der Waals surface area contributed by atoms with Gasteiger partial charge in [-0.05, 0) is 11.6 Å². The number of nitrogens with zero attached hydrogens (tertiary/aromatic N) is 2. The largest absolute Gasteiger partial charge is 0.272 e. The first-order valence-corrected chi connectivity index (χ1v) is 5.69. The molecule has 0 aliphatic carbocycles. The molecule has 0 bridgehead atoms. The number of hydrogen-bond donors (Lipinski definition) is 0. The summed E-state index contributed by atoms with van der Waals surface area (Å²) in [5.74, 6) is 0.164. The molecule has 1 aromatic rings. The minimum Gasteiger partial charge on any atom is -0.272 e. The zero-order chi connectivity index (χ0) is 11.4. The van der Waals surface area contributed by atoms with Gasteiger partial charge in [0.2, 0.25) is 0 Å². The molecule has 0 radical (unpaired) electrons. The molecule has 78 valence electrons. The first-order chi connectivity index (χ1) is 7.79. The summed E-state index contributed by atoms with van der Waals surface area (Å²) in [4.78, 5) is 14.8. The van der Waals surface area contributed by atoms with Crippen LogP contribution in [-0.4, -0.2) is 16.7 Å². The predicted octanol–water partition coefficient (Wildman–Crippen LogP) is 2.27. The van der Waals surface area contributed by atoms with Crippen LogP contribution in [0.3, 0.4) is 0 Å². The predicted molar refractivity (Wildman–Crippen MR) is 64.9 cm³/mol. The molecule has 1 amide bonds. The number of amides is 1. The molecule has 1 aliphatic heterocycles. The Bertz CT molecular complexity index is 512. The number of benzene rings is 1. The molecule has 0 saturated carbocycles. The minimum atomic E-state index is -0.172. The molecule has 0 spiro atoms. The quantitative estimate of drug-likeness (QED) is 0.729. The third kappa shape index (κ3) is 2.38. The molecule has 0 aromatic heterocycles. The van der Waals surface area contributed by atoms with E-state index in [0.717, 1.165) is 5.56 Å². The lowest BCUT2D eigenvalue weighted by Gasteiger charge is -1.96. The van der Waals surface area contributed by atoms with Crippen molar-refractivity contribution in [2.24, 2.45) is 4.99 Å². The second-order valence-electron chi connectivity index (χ2n) is 3.18. The van der Waals surface area contributed by atoms with Gasteiger partial charge in [-0.3, -0.25) is 4.79 Å². The Labute approximate surface area is 97.5 Å². The monoisotopic (exact) mass is 228 g/mol. The summed E-state index contributed by atoms with van der Waals surface area (Å²) in [7, 11) is 0. The van der Waals surface area contributed by atoms with Crippen molar-refractivity contribution < 1.29 is 4.79 Å². The van der Waals surface area contributed by atoms with E-state index < -0.39 is 0 Å². The van der Waals surface area contributed by atoms with Gasteiger partial charge in [0.25, 0.3) is 5.91 Å². The Morgan fingerprint density at radius 1 is 1.44 bits per heavy atom. The van der Waals surface area contributed by atoms with Crippen LogP contribution in [0.4, 0.5) is 0 Å². The summed E-state index contributed by atoms with van der Waals surface area (Å²) in [6, 6.07) is 11.6. The zero-order valence-corrected chi connectivity index (χ0v) is 9.20. The lowest BCUT2D eigenvalue weighted by atomic mass is 10.1. The van der Waals surface area contributed by atoms with Gasteiger partial charge < -0.3 is 0 Å². The molecule has 0 atom stereocenters. The second-order valence-corrected chi connectivity index (χ2v) is 4.14. The summed E-state index contributed by atoms with van der Waals surface area (Å²) in [6.07, 6.45) is 1.74. The van der Waals surface area contributed by atoms with E-state index in [1.54, 1.807) is 6.08 Å². The number of aliphatic imine (C=N–C) groups is 1. The normalized spacial score (nSPS) is 15.8. The maximum Gasteiger partial charge on any atom is 0.257 e. The van der Waals surface area contributed by atoms with E-state index in [-0.39, 0.29) is 5.91 Å². The fourth-order valence-corrected chi connectivity index (χ4v) is 2.05. The van der Waals surface area contributed by atoms with Crippen molar-refractivity contribution in [2.45, 2.75) is 0 Å². The highest BCUT2D eigenvalue weighted by Gasteiger charge is 2.18. The average molecular weight is 228 g/mol. The van der Waals surface area contributed by atoms with Crippen molar-refractivity contribution in [1.29, 1.82) is 5.26 Å². The van der Waals surface area contributed by atoms with Gasteiger partial charge in [-0.25, -0.2) is 4.99 Å². The SMILES string of the molecule is N#C/C(=C/c1ccccc1)C1=NC(=O)CS1. The van der Waals surface area contributed by atoms with Crippen molar-refractivity contribution in [3.63, 3.8) is 0 Å². The second kappa shape index (κ2) is 4.77. The summed E-state index contributed by atoms with van der Waals surface area (Å²) in [5, 5.41) is 9.53. The van der Waals surface area contributed by atoms with Crippen molar-refractivity contribution >= 4 is 28.8 Å². The Kier molecular flexibility index (Phi) is 3.18. The third-order valence-electron chi connectivity index (χ3n) is 2.02. The van der Waals surface area contributed by atoms with Gasteiger partial charge in [-0.2, -0.15) is 5.26 Å². The van der Waals surface area contributed by atoms with Crippen LogP contribution in [0, 0.1) is 11.3 Å². The molecule has 0 fully saturated rings. The number of carbonyl (C=O) groups is 1. The summed E-state index contributed by atoms with van der Waals surface area (Å²) in [6.45, 7) is 0. The van der Waals surface area contributed by atoms with Gasteiger partial charge in [-0.15, -0.1) is 0 Å². The molecular weight excluding hydrogens is 220 g/mol. The van der Waals surface area contributed by atoms with Crippen LogP contribution in [0.2, 0.25) is 0 Å². The van der Waals surface area contributed by atoms with Crippen LogP contribution < -0.4 is 0 Å². The Morgan fingerprint density at radius 2 is 2.19 bits per heavy atom. The fraction of sp³-hybridized carbons (Fsp3) is 0.0833. The number of rotatable bonds is 2. The van der Waals surface area contributed by atoms with Crippen LogP contribution in [0.5, 0.6) is 0 Å². The molecule has 1 heterocycles. The van der Waals surface area contributed by atoms with E-state index >= 15 is 0 Å². The molecule has 2 rings (SSSR count). The van der Waals surface area contributed by atoms with Gasteiger partial charge in [0.1, 0.15) is 11.1 Å². The van der Waals surface area contributed by atoms with Crippen molar-refractivity contribution in [2.75, 3.05) is 5.75 Å². The first-order valence-electron chi connectivity index (χ1n) is 4.71. The molecule has 16 heavy (non-hydrogen) atoms. The van der Waals surface area contributed by atoms with Crippen molar-refractivity contribution in [3.8, 4) is 6.07 Å². The number of carbonyl (C=O) groups excluding carboxylic acids is 1. The van der Waals surface area contributed by atoms with Gasteiger partial charge in [0.15, 0.2) is 0 Å². The summed E-state index contributed by atoms with van der Waals surface area (Å²) in [5.41, 5.74) is 1.38. The van der Waals surface area contributed by atoms with Crippen LogP contribution in [0.25, 0.3) is 6.08 Å². The number of nitriles is 1. The molecule has 3 nitrogen and oxygen atoms in total. The molecule has 0 N–H and O–H groups in total. The molecule has 0 saturated heterocycles. The highest BCUT2D eigenvalue weighted by atomic mass is 32.2. The Hall–Kier alpha value is -1.86. The molecule has 0 unspecified atom stereocenters. The van der Waals surface area contributed by atoms with E-state index in [9.17, 15) is 4.79 Å². The van der Waals surface area contributed by atoms with Crippen LogP contribution >= 0.6 is 11.8 Å². The standard InChI is InChI=1S/C12H8N2OS/c13-7-10(12-14-11(15)8-16-12)6-9-4-2-1-3-5-9/h1-6H,8H2/b10-6-. The van der Waals surface area contributed by atoms with Crippen molar-refractivity contribution in [3.05, 3.63) is 41.5 Å². The molecular formula is C12H8N2OS. The van der Waals surface area contributed by atoms with Crippen LogP contribution in [0.15, 0.2) is 40.9 Å². The molecule has 1 aliphatic rings. The number of thioether (sulfide) groups is 1. The smallest absolute Gasteiger partial charge is 0.257 e. The lowest BCUT2D eigenvalue weighted by molar-refractivity contribution is -0.115. The van der Waals surface area contributed by atoms with Gasteiger partial charge >= 0.3 is 0 Å². The van der Waals surface area contributed by atoms with E-state index in [2.05, 4.69) is 11.1 Å². The summed E-state index contributed by atoms with van der Waals surface area (Å²) < 4.78 is 0. The fourth-order valence-electron chi connectivity index (χ4n) is 1.30. The minimum absolute atomic E-state index is 0.172. The average Bonchev–Trinajstić information content (AvgIpc) is 2.74. The van der Waals surface area contributed by atoms with Gasteiger partial charge in [-0.1, -0.05) is 42.1 Å². The van der Waals surface area contributed by atoms with Crippen LogP contribution in [0.1, 0.15) is 5.56 Å². The van der Waals surface area contributed by atoms with Gasteiger partial charge in [0, 0.05) is 0 Å². The zero-order valence-electron chi connectivity index (χ0n) is 8.38. The highest BCUT2D eigenvalue weighted by molar-refractivity contribution is 8.15. The van der Waals surface area contributed by atoms with E-state index in [4.69, 9.17) is 5.26 Å². The summed E-state index contributed by atoms with van der Waals surface area (Å²) >= 11 is 1.31.